The Morgan fingerprint density at radius 3 is 2.00 bits per heavy atom. The number of rotatable bonds is 3. The summed E-state index contributed by atoms with van der Waals surface area (Å²) in [6.45, 7) is 0. The number of hydrogen-bond acceptors (Lipinski definition) is 2. The molecule has 138 valence electrons. The zero-order valence-corrected chi connectivity index (χ0v) is 16.5. The standard InChI is InChI=1S/C23H15Cl2NO2/c1-26-21-11-6-16(23(28)15-4-9-18(25)10-5-15)12-20(21)19(13-22(26)27)14-2-7-17(24)8-3-14/h2-13H,1H3. The van der Waals surface area contributed by atoms with E-state index in [2.05, 4.69) is 0 Å². The summed E-state index contributed by atoms with van der Waals surface area (Å²) in [6.07, 6.45) is 0. The van der Waals surface area contributed by atoms with Crippen molar-refractivity contribution < 1.29 is 4.79 Å². The Labute approximate surface area is 171 Å². The number of halogens is 2. The van der Waals surface area contributed by atoms with Crippen LogP contribution in [-0.4, -0.2) is 10.4 Å². The van der Waals surface area contributed by atoms with Crippen LogP contribution in [0.2, 0.25) is 10.0 Å². The molecule has 1 heterocycles. The molecule has 0 unspecified atom stereocenters. The fourth-order valence-electron chi connectivity index (χ4n) is 3.24. The number of fused-ring (bicyclic) bond motifs is 1. The lowest BCUT2D eigenvalue weighted by atomic mass is 9.96. The van der Waals surface area contributed by atoms with Crippen LogP contribution >= 0.6 is 23.2 Å². The Balaban J connectivity index is 1.92. The minimum absolute atomic E-state index is 0.102. The second kappa shape index (κ2) is 7.27. The predicted molar refractivity (Wildman–Crippen MR) is 115 cm³/mol. The molecule has 0 saturated carbocycles. The normalized spacial score (nSPS) is 11.0. The Hall–Kier alpha value is -2.88. The van der Waals surface area contributed by atoms with Gasteiger partial charge in [0.2, 0.25) is 0 Å². The fraction of sp³-hybridized carbons (Fsp3) is 0.0435. The molecule has 0 amide bonds. The molecule has 1 aromatic heterocycles. The molecule has 5 heteroatoms. The molecule has 0 aliphatic heterocycles. The zero-order valence-electron chi connectivity index (χ0n) is 14.9. The second-order valence-electron chi connectivity index (χ2n) is 6.53. The molecular formula is C23H15Cl2NO2. The van der Waals surface area contributed by atoms with Crippen molar-refractivity contribution in [3.05, 3.63) is 104 Å². The van der Waals surface area contributed by atoms with Crippen molar-refractivity contribution >= 4 is 39.9 Å². The van der Waals surface area contributed by atoms with Crippen LogP contribution in [0, 0.1) is 0 Å². The van der Waals surface area contributed by atoms with E-state index in [1.165, 1.54) is 0 Å². The number of hydrogen-bond donors (Lipinski definition) is 0. The molecule has 3 aromatic carbocycles. The van der Waals surface area contributed by atoms with Gasteiger partial charge in [0.25, 0.3) is 5.56 Å². The first kappa shape index (κ1) is 18.5. The average molecular weight is 408 g/mol. The molecule has 0 bridgehead atoms. The average Bonchev–Trinajstić information content (AvgIpc) is 2.71. The Kier molecular flexibility index (Phi) is 4.80. The van der Waals surface area contributed by atoms with Crippen LogP contribution in [-0.2, 0) is 7.05 Å². The SMILES string of the molecule is Cn1c(=O)cc(-c2ccc(Cl)cc2)c2cc(C(=O)c3ccc(Cl)cc3)ccc21. The Bertz CT molecular complexity index is 1260. The lowest BCUT2D eigenvalue weighted by molar-refractivity contribution is 0.103. The summed E-state index contributed by atoms with van der Waals surface area (Å²) in [4.78, 5) is 25.3. The fourth-order valence-corrected chi connectivity index (χ4v) is 3.49. The number of aryl methyl sites for hydroxylation is 1. The number of benzene rings is 3. The van der Waals surface area contributed by atoms with Gasteiger partial charge in [-0.05, 0) is 65.7 Å². The molecule has 0 fully saturated rings. The van der Waals surface area contributed by atoms with E-state index in [0.29, 0.717) is 21.2 Å². The number of carbonyl (C=O) groups is 1. The van der Waals surface area contributed by atoms with E-state index in [1.807, 2.05) is 18.2 Å². The summed E-state index contributed by atoms with van der Waals surface area (Å²) in [5.74, 6) is -0.102. The third kappa shape index (κ3) is 3.35. The molecule has 28 heavy (non-hydrogen) atoms. The molecule has 0 aliphatic rings. The van der Waals surface area contributed by atoms with Crippen LogP contribution in [0.15, 0.2) is 77.6 Å². The van der Waals surface area contributed by atoms with E-state index in [-0.39, 0.29) is 11.3 Å². The molecule has 0 atom stereocenters. The molecule has 3 nitrogen and oxygen atoms in total. The first-order valence-electron chi connectivity index (χ1n) is 8.64. The predicted octanol–water partition coefficient (Wildman–Crippen LogP) is 5.74. The van der Waals surface area contributed by atoms with Gasteiger partial charge in [0.15, 0.2) is 5.78 Å². The molecule has 0 saturated heterocycles. The Morgan fingerprint density at radius 2 is 1.36 bits per heavy atom. The van der Waals surface area contributed by atoms with Crippen molar-refractivity contribution in [2.24, 2.45) is 7.05 Å². The second-order valence-corrected chi connectivity index (χ2v) is 7.40. The van der Waals surface area contributed by atoms with Gasteiger partial charge in [-0.25, -0.2) is 0 Å². The minimum atomic E-state index is -0.116. The van der Waals surface area contributed by atoms with Gasteiger partial charge in [-0.3, -0.25) is 9.59 Å². The van der Waals surface area contributed by atoms with Gasteiger partial charge < -0.3 is 4.57 Å². The summed E-state index contributed by atoms with van der Waals surface area (Å²) >= 11 is 11.9. The van der Waals surface area contributed by atoms with Crippen LogP contribution in [0.3, 0.4) is 0 Å². The van der Waals surface area contributed by atoms with E-state index in [4.69, 9.17) is 23.2 Å². The largest absolute Gasteiger partial charge is 0.311 e. The van der Waals surface area contributed by atoms with E-state index in [9.17, 15) is 9.59 Å². The molecule has 0 N–H and O–H groups in total. The van der Waals surface area contributed by atoms with Crippen LogP contribution in [0.25, 0.3) is 22.0 Å². The third-order valence-electron chi connectivity index (χ3n) is 4.77. The van der Waals surface area contributed by atoms with Gasteiger partial charge in [0, 0.05) is 39.7 Å². The van der Waals surface area contributed by atoms with Crippen molar-refractivity contribution in [1.82, 2.24) is 4.57 Å². The lowest BCUT2D eigenvalue weighted by Gasteiger charge is -2.12. The van der Waals surface area contributed by atoms with Crippen molar-refractivity contribution in [2.75, 3.05) is 0 Å². The minimum Gasteiger partial charge on any atom is -0.311 e. The summed E-state index contributed by atoms with van der Waals surface area (Å²) in [6, 6.07) is 21.0. The van der Waals surface area contributed by atoms with Crippen molar-refractivity contribution in [1.29, 1.82) is 0 Å². The van der Waals surface area contributed by atoms with Gasteiger partial charge in [-0.1, -0.05) is 35.3 Å². The molecule has 0 radical (unpaired) electrons. The van der Waals surface area contributed by atoms with E-state index in [1.54, 1.807) is 66.2 Å². The smallest absolute Gasteiger partial charge is 0.251 e. The van der Waals surface area contributed by atoms with Gasteiger partial charge in [0.05, 0.1) is 5.52 Å². The summed E-state index contributed by atoms with van der Waals surface area (Å²) < 4.78 is 1.57. The van der Waals surface area contributed by atoms with Gasteiger partial charge >= 0.3 is 0 Å². The van der Waals surface area contributed by atoms with Gasteiger partial charge in [-0.15, -0.1) is 0 Å². The van der Waals surface area contributed by atoms with Crippen LogP contribution in [0.1, 0.15) is 15.9 Å². The first-order chi connectivity index (χ1) is 13.4. The molecule has 4 aromatic rings. The number of carbonyl (C=O) groups excluding carboxylic acids is 1. The molecule has 4 rings (SSSR count). The summed E-state index contributed by atoms with van der Waals surface area (Å²) in [5.41, 5.74) is 3.37. The summed E-state index contributed by atoms with van der Waals surface area (Å²) in [7, 11) is 1.72. The summed E-state index contributed by atoms with van der Waals surface area (Å²) in [5, 5.41) is 2.02. The van der Waals surface area contributed by atoms with E-state index >= 15 is 0 Å². The van der Waals surface area contributed by atoms with Gasteiger partial charge in [-0.2, -0.15) is 0 Å². The molecule has 0 spiro atoms. The highest BCUT2D eigenvalue weighted by Crippen LogP contribution is 2.29. The number of nitrogens with zero attached hydrogens (tertiary/aromatic N) is 1. The zero-order chi connectivity index (χ0) is 19.8. The van der Waals surface area contributed by atoms with Crippen LogP contribution < -0.4 is 5.56 Å². The third-order valence-corrected chi connectivity index (χ3v) is 5.27. The maximum Gasteiger partial charge on any atom is 0.251 e. The topological polar surface area (TPSA) is 39.1 Å². The molecule has 0 aliphatic carbocycles. The number of aromatic nitrogens is 1. The monoisotopic (exact) mass is 407 g/mol. The number of ketones is 1. The Morgan fingerprint density at radius 1 is 0.786 bits per heavy atom. The van der Waals surface area contributed by atoms with Crippen molar-refractivity contribution in [2.45, 2.75) is 0 Å². The quantitative estimate of drug-likeness (QED) is 0.406. The van der Waals surface area contributed by atoms with Crippen LogP contribution in [0.4, 0.5) is 0 Å². The van der Waals surface area contributed by atoms with Crippen molar-refractivity contribution in [3.8, 4) is 11.1 Å². The van der Waals surface area contributed by atoms with E-state index < -0.39 is 0 Å². The lowest BCUT2D eigenvalue weighted by Crippen LogP contribution is -2.16. The first-order valence-corrected chi connectivity index (χ1v) is 9.39. The maximum atomic E-state index is 12.9. The highest BCUT2D eigenvalue weighted by molar-refractivity contribution is 6.31. The molecular weight excluding hydrogens is 393 g/mol. The highest BCUT2D eigenvalue weighted by atomic mass is 35.5. The highest BCUT2D eigenvalue weighted by Gasteiger charge is 2.14. The van der Waals surface area contributed by atoms with E-state index in [0.717, 1.165) is 22.0 Å². The van der Waals surface area contributed by atoms with Crippen LogP contribution in [0.5, 0.6) is 0 Å². The number of pyridine rings is 1. The van der Waals surface area contributed by atoms with Gasteiger partial charge in [0.1, 0.15) is 0 Å². The van der Waals surface area contributed by atoms with Crippen molar-refractivity contribution in [3.63, 3.8) is 0 Å². The maximum absolute atomic E-state index is 12.9.